The number of para-hydroxylation sites is 1. The van der Waals surface area contributed by atoms with E-state index >= 15 is 0 Å². The van der Waals surface area contributed by atoms with Crippen molar-refractivity contribution in [2.45, 2.75) is 12.7 Å². The van der Waals surface area contributed by atoms with Crippen molar-refractivity contribution in [1.29, 1.82) is 0 Å². The van der Waals surface area contributed by atoms with Gasteiger partial charge in [0.05, 0.1) is 35.6 Å². The van der Waals surface area contributed by atoms with Crippen molar-refractivity contribution in [3.63, 3.8) is 0 Å². The number of H-pyrrole nitrogens is 1. The summed E-state index contributed by atoms with van der Waals surface area (Å²) in [5.41, 5.74) is -0.00991. The van der Waals surface area contributed by atoms with Crippen LogP contribution in [0.3, 0.4) is 0 Å². The number of rotatable bonds is 3. The Kier molecular flexibility index (Phi) is 4.69. The number of hydrogen-bond donors (Lipinski definition) is 3. The van der Waals surface area contributed by atoms with Gasteiger partial charge in [0.2, 0.25) is 0 Å². The normalized spacial score (nSPS) is 13.8. The average molecular weight is 416 g/mol. The number of carbonyl (C=O) groups excluding carboxylic acids is 1. The Bertz CT molecular complexity index is 1130. The number of nitrogens with one attached hydrogen (secondary N) is 2. The lowest BCUT2D eigenvalue weighted by molar-refractivity contribution is -0.137. The molecule has 0 unspecified atom stereocenters. The van der Waals surface area contributed by atoms with Crippen molar-refractivity contribution in [3.8, 4) is 11.3 Å². The van der Waals surface area contributed by atoms with E-state index in [1.165, 1.54) is 12.3 Å². The molecule has 30 heavy (non-hydrogen) atoms. The molecule has 1 aliphatic rings. The van der Waals surface area contributed by atoms with Crippen LogP contribution in [0, 0.1) is 0 Å². The third kappa shape index (κ3) is 3.47. The van der Waals surface area contributed by atoms with Gasteiger partial charge in [-0.05, 0) is 18.2 Å². The maximum Gasteiger partial charge on any atom is 0.418 e. The number of anilines is 2. The minimum absolute atomic E-state index is 0.0409. The summed E-state index contributed by atoms with van der Waals surface area (Å²) in [6.07, 6.45) is -4.02. The summed E-state index contributed by atoms with van der Waals surface area (Å²) < 4.78 is 40.8. The van der Waals surface area contributed by atoms with E-state index in [1.54, 1.807) is 30.3 Å². The second kappa shape index (κ2) is 7.21. The fraction of sp³-hybridized carbons (Fsp3) is 0.150. The van der Waals surface area contributed by atoms with Crippen molar-refractivity contribution >= 4 is 23.3 Å². The lowest BCUT2D eigenvalue weighted by atomic mass is 10.0. The van der Waals surface area contributed by atoms with Crippen LogP contribution in [0.1, 0.15) is 21.6 Å². The Hall–Kier alpha value is -3.82. The number of pyridine rings is 1. The molecular weight excluding hydrogens is 401 g/mol. The number of ketones is 1. The Labute approximate surface area is 168 Å². The topological polar surface area (TPSA) is 98.3 Å². The summed E-state index contributed by atoms with van der Waals surface area (Å²) >= 11 is 0. The third-order valence-electron chi connectivity index (χ3n) is 4.75. The van der Waals surface area contributed by atoms with Crippen LogP contribution in [-0.4, -0.2) is 38.4 Å². The molecule has 0 aliphatic carbocycles. The Morgan fingerprint density at radius 2 is 1.90 bits per heavy atom. The van der Waals surface area contributed by atoms with E-state index in [4.69, 9.17) is 0 Å². The number of carboxylic acid groups (broad SMARTS) is 1. The molecule has 1 aliphatic heterocycles. The molecule has 4 rings (SSSR count). The van der Waals surface area contributed by atoms with E-state index < -0.39 is 23.6 Å². The molecule has 0 saturated heterocycles. The number of nitrogens with zero attached hydrogens (tertiary/aromatic N) is 2. The maximum absolute atomic E-state index is 13.6. The molecule has 3 aromatic rings. The van der Waals surface area contributed by atoms with E-state index in [0.717, 1.165) is 4.90 Å². The quantitative estimate of drug-likeness (QED) is 0.583. The molecule has 2 aromatic heterocycles. The fourth-order valence-electron chi connectivity index (χ4n) is 3.44. The van der Waals surface area contributed by atoms with Crippen LogP contribution in [0.25, 0.3) is 11.3 Å². The van der Waals surface area contributed by atoms with E-state index in [-0.39, 0.29) is 41.3 Å². The molecule has 7 nitrogen and oxygen atoms in total. The van der Waals surface area contributed by atoms with Gasteiger partial charge in [-0.15, -0.1) is 0 Å². The zero-order chi connectivity index (χ0) is 21.5. The lowest BCUT2D eigenvalue weighted by Gasteiger charge is -2.23. The van der Waals surface area contributed by atoms with E-state index in [9.17, 15) is 27.9 Å². The van der Waals surface area contributed by atoms with Gasteiger partial charge in [0.15, 0.2) is 5.78 Å². The first kappa shape index (κ1) is 19.5. The van der Waals surface area contributed by atoms with Crippen LogP contribution >= 0.6 is 0 Å². The molecule has 0 atom stereocenters. The molecule has 0 bridgehead atoms. The zero-order valence-electron chi connectivity index (χ0n) is 15.3. The predicted molar refractivity (Wildman–Crippen MR) is 102 cm³/mol. The first-order valence-electron chi connectivity index (χ1n) is 8.85. The molecule has 154 valence electrons. The van der Waals surface area contributed by atoms with Gasteiger partial charge in [-0.2, -0.15) is 13.2 Å². The van der Waals surface area contributed by atoms with Gasteiger partial charge in [0, 0.05) is 29.3 Å². The number of Topliss-reactive ketones (excluding diaryl/α,β-unsaturated/α-hetero) is 1. The van der Waals surface area contributed by atoms with Gasteiger partial charge in [0.25, 0.3) is 0 Å². The molecule has 1 aromatic carbocycles. The largest absolute Gasteiger partial charge is 0.465 e. The number of benzene rings is 1. The van der Waals surface area contributed by atoms with Crippen molar-refractivity contribution in [1.82, 2.24) is 14.9 Å². The predicted octanol–water partition coefficient (Wildman–Crippen LogP) is 4.52. The minimum atomic E-state index is -4.67. The fourth-order valence-corrected chi connectivity index (χ4v) is 3.44. The van der Waals surface area contributed by atoms with E-state index in [0.29, 0.717) is 11.9 Å². The number of hydrogen-bond acceptors (Lipinski definition) is 4. The summed E-state index contributed by atoms with van der Waals surface area (Å²) in [5.74, 6) is -0.512. The monoisotopic (exact) mass is 416 g/mol. The first-order valence-corrected chi connectivity index (χ1v) is 8.85. The summed E-state index contributed by atoms with van der Waals surface area (Å²) in [6, 6.07) is 9.87. The summed E-state index contributed by atoms with van der Waals surface area (Å²) in [6.45, 7) is -0.530. The van der Waals surface area contributed by atoms with E-state index in [2.05, 4.69) is 15.3 Å². The number of alkyl halides is 3. The van der Waals surface area contributed by atoms with Crippen LogP contribution in [-0.2, 0) is 12.7 Å². The van der Waals surface area contributed by atoms with Gasteiger partial charge in [0.1, 0.15) is 0 Å². The smallest absolute Gasteiger partial charge is 0.418 e. The highest BCUT2D eigenvalue weighted by molar-refractivity contribution is 6.09. The molecule has 0 saturated carbocycles. The van der Waals surface area contributed by atoms with Gasteiger partial charge in [-0.25, -0.2) is 4.79 Å². The molecule has 0 radical (unpaired) electrons. The number of amides is 1. The minimum Gasteiger partial charge on any atom is -0.465 e. The molecule has 0 spiro atoms. The molecule has 0 fully saturated rings. The van der Waals surface area contributed by atoms with Gasteiger partial charge < -0.3 is 15.4 Å². The van der Waals surface area contributed by atoms with Crippen molar-refractivity contribution in [2.75, 3.05) is 11.9 Å². The summed E-state index contributed by atoms with van der Waals surface area (Å²) in [7, 11) is 0. The highest BCUT2D eigenvalue weighted by Gasteiger charge is 2.37. The molecule has 1 amide bonds. The van der Waals surface area contributed by atoms with E-state index in [1.807, 2.05) is 0 Å². The highest BCUT2D eigenvalue weighted by Crippen LogP contribution is 2.42. The van der Waals surface area contributed by atoms with Gasteiger partial charge in [-0.1, -0.05) is 18.2 Å². The second-order valence-electron chi connectivity index (χ2n) is 6.70. The van der Waals surface area contributed by atoms with Gasteiger partial charge >= 0.3 is 12.3 Å². The third-order valence-corrected chi connectivity index (χ3v) is 4.75. The van der Waals surface area contributed by atoms with Crippen molar-refractivity contribution in [3.05, 3.63) is 65.6 Å². The first-order chi connectivity index (χ1) is 14.3. The Balaban J connectivity index is 1.93. The summed E-state index contributed by atoms with van der Waals surface area (Å²) in [4.78, 5) is 31.4. The number of aromatic nitrogens is 2. The molecule has 3 N–H and O–H groups in total. The van der Waals surface area contributed by atoms with Crippen LogP contribution in [0.15, 0.2) is 48.8 Å². The number of carbonyl (C=O) groups is 2. The Morgan fingerprint density at radius 1 is 1.17 bits per heavy atom. The van der Waals surface area contributed by atoms with Crippen LogP contribution < -0.4 is 5.32 Å². The highest BCUT2D eigenvalue weighted by atomic mass is 19.4. The zero-order valence-corrected chi connectivity index (χ0v) is 15.3. The Morgan fingerprint density at radius 3 is 2.57 bits per heavy atom. The number of fused-ring (bicyclic) bond motifs is 1. The lowest BCUT2D eigenvalue weighted by Crippen LogP contribution is -2.38. The van der Waals surface area contributed by atoms with Crippen LogP contribution in [0.2, 0.25) is 0 Å². The number of aromatic amines is 1. The van der Waals surface area contributed by atoms with Crippen LogP contribution in [0.4, 0.5) is 29.3 Å². The number of halogens is 3. The second-order valence-corrected chi connectivity index (χ2v) is 6.70. The summed E-state index contributed by atoms with van der Waals surface area (Å²) in [5, 5.41) is 12.3. The molecular formula is C20H15F3N4O3. The maximum atomic E-state index is 13.6. The van der Waals surface area contributed by atoms with Crippen molar-refractivity contribution in [2.24, 2.45) is 0 Å². The molecule has 3 heterocycles. The van der Waals surface area contributed by atoms with Gasteiger partial charge in [-0.3, -0.25) is 14.7 Å². The average Bonchev–Trinajstić information content (AvgIpc) is 3.07. The standard InChI is InChI=1S/C20H15F3N4O3/c21-20(22,23)13-8-24-7-6-12(13)17-18(25-11-4-2-1-3-5-11)16-14(26-17)9-27(19(29)30)10-15(16)28/h1-8,25-26H,9-10H2,(H,29,30). The SMILES string of the molecule is O=C1CN(C(=O)O)Cc2[nH]c(-c3ccncc3C(F)(F)F)c(Nc3ccccc3)c21. The van der Waals surface area contributed by atoms with Crippen molar-refractivity contribution < 1.29 is 27.9 Å². The van der Waals surface area contributed by atoms with Crippen LogP contribution in [0.5, 0.6) is 0 Å². The molecule has 10 heteroatoms.